The van der Waals surface area contributed by atoms with Crippen molar-refractivity contribution in [3.05, 3.63) is 60.4 Å². The molecule has 0 fully saturated rings. The molecule has 0 saturated heterocycles. The van der Waals surface area contributed by atoms with Crippen LogP contribution in [0.5, 0.6) is 0 Å². The van der Waals surface area contributed by atoms with E-state index in [1.807, 2.05) is 43.5 Å². The molecule has 0 N–H and O–H groups in total. The topological polar surface area (TPSA) is 55.5 Å². The van der Waals surface area contributed by atoms with Crippen LogP contribution < -0.4 is 4.90 Å². The van der Waals surface area contributed by atoms with Gasteiger partial charge in [0, 0.05) is 22.9 Å². The second-order valence-corrected chi connectivity index (χ2v) is 10.1. The molecule has 0 spiro atoms. The van der Waals surface area contributed by atoms with Crippen LogP contribution in [0.2, 0.25) is 0 Å². The highest BCUT2D eigenvalue weighted by Gasteiger charge is 2.16. The Morgan fingerprint density at radius 1 is 1.10 bits per heavy atom. The zero-order valence-electron chi connectivity index (χ0n) is 19.2. The Kier molecular flexibility index (Phi) is 7.08. The van der Waals surface area contributed by atoms with Crippen LogP contribution in [0.3, 0.4) is 0 Å². The molecule has 1 unspecified atom stereocenters. The lowest BCUT2D eigenvalue weighted by Gasteiger charge is -2.23. The van der Waals surface area contributed by atoms with E-state index in [1.54, 1.807) is 6.33 Å². The van der Waals surface area contributed by atoms with Gasteiger partial charge in [0.25, 0.3) is 5.78 Å². The molecule has 164 valence electrons. The minimum Gasteiger partial charge on any atom is -0.329 e. The van der Waals surface area contributed by atoms with Gasteiger partial charge in [-0.15, -0.1) is 10.2 Å². The third-order valence-corrected chi connectivity index (χ3v) is 6.57. The highest BCUT2D eigenvalue weighted by molar-refractivity contribution is 8.11. The lowest BCUT2D eigenvalue weighted by molar-refractivity contribution is 0.354. The summed E-state index contributed by atoms with van der Waals surface area (Å²) in [6.07, 6.45) is 1.69. The quantitative estimate of drug-likeness (QED) is 0.358. The van der Waals surface area contributed by atoms with Crippen LogP contribution in [0.4, 0.5) is 11.5 Å². The zero-order chi connectivity index (χ0) is 22.6. The van der Waals surface area contributed by atoms with Crippen LogP contribution in [0.1, 0.15) is 40.2 Å². The van der Waals surface area contributed by atoms with Gasteiger partial charge in [0.2, 0.25) is 0 Å². The minimum absolute atomic E-state index is 0.0326. The number of nitrogens with zero attached hydrogens (tertiary/aromatic N) is 5. The van der Waals surface area contributed by atoms with E-state index in [0.29, 0.717) is 12.4 Å². The summed E-state index contributed by atoms with van der Waals surface area (Å²) in [5.41, 5.74) is 3.16. The normalized spacial score (nSPS) is 12.5. The maximum atomic E-state index is 6.01. The summed E-state index contributed by atoms with van der Waals surface area (Å²) in [4.78, 5) is 6.83. The van der Waals surface area contributed by atoms with Crippen LogP contribution in [0, 0.1) is 0 Å². The Bertz CT molecular complexity index is 1200. The molecule has 6 nitrogen and oxygen atoms in total. The molecule has 0 radical (unpaired) electrons. The minimum atomic E-state index is -0.365. The van der Waals surface area contributed by atoms with Gasteiger partial charge in [-0.3, -0.25) is 4.40 Å². The molecule has 0 bridgehead atoms. The Labute approximate surface area is 187 Å². The summed E-state index contributed by atoms with van der Waals surface area (Å²) in [5, 5.41) is 9.19. The van der Waals surface area contributed by atoms with Crippen molar-refractivity contribution in [3.8, 4) is 0 Å². The first-order valence-corrected chi connectivity index (χ1v) is 11.7. The first kappa shape index (κ1) is 22.9. The largest absolute Gasteiger partial charge is 0.329 e. The first-order valence-electron chi connectivity index (χ1n) is 10.4. The second-order valence-electron chi connectivity index (χ2n) is 7.90. The predicted molar refractivity (Wildman–Crippen MR) is 133 cm³/mol. The summed E-state index contributed by atoms with van der Waals surface area (Å²) >= 11 is 0. The number of benzene rings is 2. The molecule has 0 aliphatic carbocycles. The number of rotatable bonds is 5. The molecule has 2 aromatic heterocycles. The average molecular weight is 438 g/mol. The van der Waals surface area contributed by atoms with E-state index in [9.17, 15) is 0 Å². The molecule has 2 heterocycles. The molecular formula is C24H31N5OS. The van der Waals surface area contributed by atoms with Crippen molar-refractivity contribution >= 4 is 44.8 Å². The molecule has 0 saturated carbocycles. The van der Waals surface area contributed by atoms with E-state index in [0.717, 1.165) is 28.0 Å². The molecule has 4 rings (SSSR count). The number of hydrogen-bond acceptors (Lipinski definition) is 5. The van der Waals surface area contributed by atoms with Crippen LogP contribution in [-0.4, -0.2) is 37.2 Å². The second kappa shape index (κ2) is 9.58. The van der Waals surface area contributed by atoms with Crippen molar-refractivity contribution in [2.24, 2.45) is 0 Å². The average Bonchev–Trinajstić information content (AvgIpc) is 3.26. The molecule has 7 heteroatoms. The molecule has 2 aromatic carbocycles. The van der Waals surface area contributed by atoms with E-state index in [2.05, 4.69) is 72.1 Å². The highest BCUT2D eigenvalue weighted by atomic mass is 32.2. The number of fused-ring (bicyclic) bond motifs is 3. The van der Waals surface area contributed by atoms with Gasteiger partial charge in [-0.05, 0) is 56.5 Å². The Morgan fingerprint density at radius 2 is 1.84 bits per heavy atom. The van der Waals surface area contributed by atoms with Crippen molar-refractivity contribution < 1.29 is 4.18 Å². The number of aromatic nitrogens is 4. The van der Waals surface area contributed by atoms with Gasteiger partial charge in [-0.1, -0.05) is 48.9 Å². The summed E-state index contributed by atoms with van der Waals surface area (Å²) < 4.78 is 7.95. The fourth-order valence-electron chi connectivity index (χ4n) is 3.05. The van der Waals surface area contributed by atoms with Crippen LogP contribution in [0.15, 0.2) is 54.9 Å². The van der Waals surface area contributed by atoms with E-state index >= 15 is 0 Å². The van der Waals surface area contributed by atoms with Gasteiger partial charge in [-0.25, -0.2) is 0 Å². The van der Waals surface area contributed by atoms with E-state index in [1.165, 1.54) is 0 Å². The standard InChI is InChI=1S/C22H25N5OS.C2H6/c1-22(2,3)29(5)28-14-16-9-8-10-17(13-16)26(4)20-18-11-6-7-12-19(18)27-15-23-25-21(27)24-20;1-2/h6-13,15H,5,14H2,1-4H3;1-2H3. The Hall–Kier alpha value is -2.77. The van der Waals surface area contributed by atoms with E-state index < -0.39 is 0 Å². The van der Waals surface area contributed by atoms with Crippen LogP contribution in [0.25, 0.3) is 16.7 Å². The summed E-state index contributed by atoms with van der Waals surface area (Å²) in [6.45, 7) is 11.0. The third-order valence-electron chi connectivity index (χ3n) is 4.81. The Morgan fingerprint density at radius 3 is 2.58 bits per heavy atom. The summed E-state index contributed by atoms with van der Waals surface area (Å²) in [5.74, 6) is 5.58. The van der Waals surface area contributed by atoms with E-state index in [4.69, 9.17) is 9.17 Å². The molecule has 31 heavy (non-hydrogen) atoms. The Balaban J connectivity index is 0.00000132. The first-order chi connectivity index (χ1) is 14.8. The fraction of sp³-hybridized carbons (Fsp3) is 0.333. The number of anilines is 2. The monoisotopic (exact) mass is 437 g/mol. The molecule has 0 amide bonds. The smallest absolute Gasteiger partial charge is 0.257 e. The van der Waals surface area contributed by atoms with Crippen molar-refractivity contribution in [3.63, 3.8) is 0 Å². The van der Waals surface area contributed by atoms with Crippen LogP contribution in [-0.2, 0) is 10.8 Å². The molecule has 1 atom stereocenters. The highest BCUT2D eigenvalue weighted by Crippen LogP contribution is 2.33. The maximum absolute atomic E-state index is 6.01. The molecule has 0 aliphatic rings. The van der Waals surface area contributed by atoms with Gasteiger partial charge in [0.05, 0.1) is 12.1 Å². The van der Waals surface area contributed by atoms with Crippen molar-refractivity contribution in [1.29, 1.82) is 0 Å². The van der Waals surface area contributed by atoms with Crippen molar-refractivity contribution in [2.75, 3.05) is 11.9 Å². The van der Waals surface area contributed by atoms with Gasteiger partial charge in [0.15, 0.2) is 0 Å². The van der Waals surface area contributed by atoms with Crippen molar-refractivity contribution in [2.45, 2.75) is 46.0 Å². The lowest BCUT2D eigenvalue weighted by atomic mass is 10.2. The van der Waals surface area contributed by atoms with Crippen LogP contribution >= 0.6 is 10.8 Å². The SMILES string of the molecule is C=S(OCc1cccc(N(C)c2nc3nncn3c3ccccc23)c1)C(C)(C)C.CC. The fourth-order valence-corrected chi connectivity index (χ4v) is 3.68. The van der Waals surface area contributed by atoms with Gasteiger partial charge >= 0.3 is 0 Å². The summed E-state index contributed by atoms with van der Waals surface area (Å²) in [6, 6.07) is 16.5. The zero-order valence-corrected chi connectivity index (χ0v) is 20.0. The molecule has 4 aromatic rings. The molecular weight excluding hydrogens is 406 g/mol. The number of para-hydroxylation sites is 1. The molecule has 0 aliphatic heterocycles. The van der Waals surface area contributed by atoms with Crippen molar-refractivity contribution in [1.82, 2.24) is 19.6 Å². The van der Waals surface area contributed by atoms with Gasteiger partial charge in [-0.2, -0.15) is 4.98 Å². The number of hydrogen-bond donors (Lipinski definition) is 0. The maximum Gasteiger partial charge on any atom is 0.257 e. The summed E-state index contributed by atoms with van der Waals surface area (Å²) in [7, 11) is 1.65. The third kappa shape index (κ3) is 4.94. The van der Waals surface area contributed by atoms with Gasteiger partial charge in [0.1, 0.15) is 12.1 Å². The predicted octanol–water partition coefficient (Wildman–Crippen LogP) is 6.00. The van der Waals surface area contributed by atoms with E-state index in [-0.39, 0.29) is 15.5 Å². The van der Waals surface area contributed by atoms with Gasteiger partial charge < -0.3 is 9.08 Å². The lowest BCUT2D eigenvalue weighted by Crippen LogP contribution is -2.13.